The lowest BCUT2D eigenvalue weighted by atomic mass is 9.80. The maximum Gasteiger partial charge on any atom is 0.407 e. The minimum Gasteiger partial charge on any atom is -0.495 e. The van der Waals surface area contributed by atoms with E-state index < -0.39 is 6.09 Å². The molecule has 0 bridgehead atoms. The summed E-state index contributed by atoms with van der Waals surface area (Å²) in [6.07, 6.45) is -0.395. The zero-order chi connectivity index (χ0) is 13.3. The zero-order valence-corrected chi connectivity index (χ0v) is 12.6. The van der Waals surface area contributed by atoms with E-state index in [1.807, 2.05) is 26.0 Å². The van der Waals surface area contributed by atoms with Gasteiger partial charge in [-0.25, -0.2) is 4.79 Å². The molecule has 0 aliphatic carbocycles. The molecule has 1 aromatic carbocycles. The number of amides is 1. The molecule has 1 aliphatic rings. The quantitative estimate of drug-likeness (QED) is 0.908. The smallest absolute Gasteiger partial charge is 0.407 e. The molecule has 0 unspecified atom stereocenters. The van der Waals surface area contributed by atoms with E-state index in [1.165, 1.54) is 0 Å². The number of carbonyl (C=O) groups excluding carboxylic acids is 1. The second-order valence-corrected chi connectivity index (χ2v) is 5.44. The molecule has 0 spiro atoms. The van der Waals surface area contributed by atoms with Gasteiger partial charge in [0.1, 0.15) is 12.4 Å². The second kappa shape index (κ2) is 5.88. The molecule has 1 atom stereocenters. The molecule has 1 aliphatic heterocycles. The fourth-order valence-corrected chi connectivity index (χ4v) is 2.27. The maximum atomic E-state index is 11.4. The van der Waals surface area contributed by atoms with Crippen LogP contribution in [0.1, 0.15) is 25.5 Å². The van der Waals surface area contributed by atoms with Gasteiger partial charge in [-0.15, -0.1) is 12.4 Å². The number of rotatable bonds is 2. The van der Waals surface area contributed by atoms with E-state index >= 15 is 0 Å². The van der Waals surface area contributed by atoms with Crippen molar-refractivity contribution in [2.75, 3.05) is 13.7 Å². The van der Waals surface area contributed by atoms with Gasteiger partial charge in [0, 0.05) is 5.41 Å². The van der Waals surface area contributed by atoms with E-state index in [1.54, 1.807) is 13.2 Å². The first-order valence-electron chi connectivity index (χ1n) is 5.71. The molecule has 1 fully saturated rings. The van der Waals surface area contributed by atoms with Gasteiger partial charge in [0.05, 0.1) is 18.2 Å². The van der Waals surface area contributed by atoms with E-state index in [2.05, 4.69) is 5.32 Å². The summed E-state index contributed by atoms with van der Waals surface area (Å²) in [5.74, 6) is 0.603. The van der Waals surface area contributed by atoms with E-state index in [9.17, 15) is 4.79 Å². The van der Waals surface area contributed by atoms with Crippen molar-refractivity contribution in [2.45, 2.75) is 19.9 Å². The molecule has 4 nitrogen and oxygen atoms in total. The minimum atomic E-state index is -0.395. The van der Waals surface area contributed by atoms with Crippen LogP contribution in [0.15, 0.2) is 18.2 Å². The Hall–Kier alpha value is -1.13. The van der Waals surface area contributed by atoms with Crippen LogP contribution in [0, 0.1) is 5.41 Å². The second-order valence-electron chi connectivity index (χ2n) is 5.04. The molecule has 0 radical (unpaired) electrons. The number of ether oxygens (including phenoxy) is 2. The third-order valence-corrected chi connectivity index (χ3v) is 3.44. The first kappa shape index (κ1) is 15.9. The highest BCUT2D eigenvalue weighted by atomic mass is 35.5. The molecule has 1 aromatic rings. The summed E-state index contributed by atoms with van der Waals surface area (Å²) in [5.41, 5.74) is 0.769. The van der Waals surface area contributed by atoms with Gasteiger partial charge in [-0.2, -0.15) is 0 Å². The van der Waals surface area contributed by atoms with Crippen LogP contribution in [-0.4, -0.2) is 19.8 Å². The molecule has 1 saturated heterocycles. The van der Waals surface area contributed by atoms with Gasteiger partial charge in [0.15, 0.2) is 0 Å². The first-order valence-corrected chi connectivity index (χ1v) is 6.08. The standard InChI is InChI=1S/C13H16ClNO3.ClH/c1-13(2)7-18-12(16)15-11(13)8-4-5-9(14)10(6-8)17-3;/h4-6,11H,7H2,1-3H3,(H,15,16);1H/t11-;/m1./s1. The fraction of sp³-hybridized carbons (Fsp3) is 0.462. The van der Waals surface area contributed by atoms with Gasteiger partial charge >= 0.3 is 6.09 Å². The predicted molar refractivity (Wildman–Crippen MR) is 76.3 cm³/mol. The van der Waals surface area contributed by atoms with Crippen molar-refractivity contribution in [3.63, 3.8) is 0 Å². The van der Waals surface area contributed by atoms with Crippen molar-refractivity contribution in [1.29, 1.82) is 0 Å². The summed E-state index contributed by atoms with van der Waals surface area (Å²) < 4.78 is 10.2. The summed E-state index contributed by atoms with van der Waals surface area (Å²) in [7, 11) is 1.57. The minimum absolute atomic E-state index is 0. The molecule has 1 amide bonds. The van der Waals surface area contributed by atoms with Gasteiger partial charge in [0.2, 0.25) is 0 Å². The molecule has 1 heterocycles. The van der Waals surface area contributed by atoms with Crippen molar-refractivity contribution in [3.8, 4) is 5.75 Å². The van der Waals surface area contributed by atoms with Crippen molar-refractivity contribution < 1.29 is 14.3 Å². The maximum absolute atomic E-state index is 11.4. The Balaban J connectivity index is 0.00000180. The van der Waals surface area contributed by atoms with Crippen LogP contribution >= 0.6 is 24.0 Å². The molecule has 2 rings (SSSR count). The van der Waals surface area contributed by atoms with E-state index in [0.717, 1.165) is 5.56 Å². The highest BCUT2D eigenvalue weighted by molar-refractivity contribution is 6.32. The average molecular weight is 306 g/mol. The predicted octanol–water partition coefficient (Wildman–Crippen LogP) is 3.58. The number of carbonyl (C=O) groups is 1. The molecule has 106 valence electrons. The van der Waals surface area contributed by atoms with E-state index in [-0.39, 0.29) is 23.9 Å². The summed E-state index contributed by atoms with van der Waals surface area (Å²) in [6.45, 7) is 4.46. The van der Waals surface area contributed by atoms with Crippen LogP contribution < -0.4 is 10.1 Å². The molecular formula is C13H17Cl2NO3. The molecule has 19 heavy (non-hydrogen) atoms. The molecular weight excluding hydrogens is 289 g/mol. The fourth-order valence-electron chi connectivity index (χ4n) is 2.08. The van der Waals surface area contributed by atoms with E-state index in [0.29, 0.717) is 17.4 Å². The normalized spacial score (nSPS) is 20.8. The van der Waals surface area contributed by atoms with Gasteiger partial charge < -0.3 is 14.8 Å². The molecule has 6 heteroatoms. The number of nitrogens with one attached hydrogen (secondary N) is 1. The lowest BCUT2D eigenvalue weighted by Gasteiger charge is -2.38. The summed E-state index contributed by atoms with van der Waals surface area (Å²) >= 11 is 6.00. The Morgan fingerprint density at radius 3 is 2.79 bits per heavy atom. The Morgan fingerprint density at radius 2 is 2.16 bits per heavy atom. The van der Waals surface area contributed by atoms with Crippen molar-refractivity contribution in [3.05, 3.63) is 28.8 Å². The number of alkyl carbamates (subject to hydrolysis) is 1. The molecule has 0 saturated carbocycles. The van der Waals surface area contributed by atoms with Crippen molar-refractivity contribution >= 4 is 30.1 Å². The van der Waals surface area contributed by atoms with Crippen LogP contribution in [0.2, 0.25) is 5.02 Å². The van der Waals surface area contributed by atoms with Crippen LogP contribution in [0.25, 0.3) is 0 Å². The van der Waals surface area contributed by atoms with Crippen LogP contribution in [0.4, 0.5) is 4.79 Å². The molecule has 0 aromatic heterocycles. The lowest BCUT2D eigenvalue weighted by Crippen LogP contribution is -2.46. The number of cyclic esters (lactones) is 1. The van der Waals surface area contributed by atoms with Crippen LogP contribution in [0.5, 0.6) is 5.75 Å². The monoisotopic (exact) mass is 305 g/mol. The number of halogens is 2. The average Bonchev–Trinajstić information content (AvgIpc) is 2.33. The first-order chi connectivity index (χ1) is 8.44. The zero-order valence-electron chi connectivity index (χ0n) is 11.0. The van der Waals surface area contributed by atoms with Crippen molar-refractivity contribution in [1.82, 2.24) is 5.32 Å². The number of hydrogen-bond donors (Lipinski definition) is 1. The Kier molecular flexibility index (Phi) is 4.93. The van der Waals surface area contributed by atoms with E-state index in [4.69, 9.17) is 21.1 Å². The van der Waals surface area contributed by atoms with Crippen LogP contribution in [-0.2, 0) is 4.74 Å². The summed E-state index contributed by atoms with van der Waals surface area (Å²) in [6, 6.07) is 5.39. The Labute approximate surface area is 123 Å². The van der Waals surface area contributed by atoms with Gasteiger partial charge in [-0.1, -0.05) is 31.5 Å². The van der Waals surface area contributed by atoms with Gasteiger partial charge in [0.25, 0.3) is 0 Å². The highest BCUT2D eigenvalue weighted by Gasteiger charge is 2.38. The summed E-state index contributed by atoms with van der Waals surface area (Å²) in [4.78, 5) is 11.4. The highest BCUT2D eigenvalue weighted by Crippen LogP contribution is 2.38. The third-order valence-electron chi connectivity index (χ3n) is 3.13. The van der Waals surface area contributed by atoms with Gasteiger partial charge in [-0.05, 0) is 17.7 Å². The number of benzene rings is 1. The lowest BCUT2D eigenvalue weighted by molar-refractivity contribution is 0.0387. The van der Waals surface area contributed by atoms with Crippen LogP contribution in [0.3, 0.4) is 0 Å². The topological polar surface area (TPSA) is 47.6 Å². The Bertz CT molecular complexity index is 477. The van der Waals surface area contributed by atoms with Gasteiger partial charge in [-0.3, -0.25) is 0 Å². The number of hydrogen-bond acceptors (Lipinski definition) is 3. The third kappa shape index (κ3) is 3.25. The number of methoxy groups -OCH3 is 1. The molecule has 1 N–H and O–H groups in total. The van der Waals surface area contributed by atoms with Crippen molar-refractivity contribution in [2.24, 2.45) is 5.41 Å². The Morgan fingerprint density at radius 1 is 1.47 bits per heavy atom. The SMILES string of the molecule is COc1cc([C@H]2NC(=O)OCC2(C)C)ccc1Cl.Cl. The summed E-state index contributed by atoms with van der Waals surface area (Å²) in [5, 5.41) is 3.39. The largest absolute Gasteiger partial charge is 0.495 e.